The molecule has 0 saturated carbocycles. The van der Waals surface area contributed by atoms with E-state index in [9.17, 15) is 13.2 Å². The van der Waals surface area contributed by atoms with Crippen LogP contribution >= 0.6 is 0 Å². The standard InChI is InChI=1S/C11H15F3N4/c1-7(2)18(6-11(12,13)14)9-5-8(10(15)16)3-4-17-9/h3-5,7H,6H2,1-2H3,(H3,15,16). The lowest BCUT2D eigenvalue weighted by Gasteiger charge is -2.28. The van der Waals surface area contributed by atoms with Gasteiger partial charge < -0.3 is 10.6 Å². The summed E-state index contributed by atoms with van der Waals surface area (Å²) < 4.78 is 37.4. The molecule has 7 heteroatoms. The maximum atomic E-state index is 12.5. The van der Waals surface area contributed by atoms with E-state index in [1.165, 1.54) is 18.3 Å². The van der Waals surface area contributed by atoms with Crippen molar-refractivity contribution in [3.63, 3.8) is 0 Å². The van der Waals surface area contributed by atoms with E-state index in [0.717, 1.165) is 4.90 Å². The summed E-state index contributed by atoms with van der Waals surface area (Å²) in [5.41, 5.74) is 5.66. The number of pyridine rings is 1. The number of rotatable bonds is 4. The monoisotopic (exact) mass is 260 g/mol. The number of nitrogens with two attached hydrogens (primary N) is 1. The minimum absolute atomic E-state index is 0.162. The van der Waals surface area contributed by atoms with Crippen molar-refractivity contribution in [3.8, 4) is 0 Å². The molecule has 0 aromatic carbocycles. The zero-order valence-electron chi connectivity index (χ0n) is 10.1. The summed E-state index contributed by atoms with van der Waals surface area (Å²) in [5.74, 6) is -0.0376. The molecule has 1 aromatic heterocycles. The number of hydrogen-bond acceptors (Lipinski definition) is 3. The summed E-state index contributed by atoms with van der Waals surface area (Å²) >= 11 is 0. The number of aromatic nitrogens is 1. The Morgan fingerprint density at radius 3 is 2.56 bits per heavy atom. The Labute approximate surface area is 103 Å². The summed E-state index contributed by atoms with van der Waals surface area (Å²) in [6.45, 7) is 2.21. The maximum Gasteiger partial charge on any atom is 0.405 e. The van der Waals surface area contributed by atoms with Crippen molar-refractivity contribution in [2.45, 2.75) is 26.1 Å². The van der Waals surface area contributed by atoms with Crippen LogP contribution in [0.2, 0.25) is 0 Å². The number of amidine groups is 1. The topological polar surface area (TPSA) is 66.0 Å². The van der Waals surface area contributed by atoms with E-state index in [0.29, 0.717) is 5.56 Å². The van der Waals surface area contributed by atoms with E-state index in [4.69, 9.17) is 11.1 Å². The van der Waals surface area contributed by atoms with Crippen LogP contribution in [0.25, 0.3) is 0 Å². The first-order chi connectivity index (χ1) is 8.20. The molecule has 0 amide bonds. The van der Waals surface area contributed by atoms with Crippen LogP contribution in [0.15, 0.2) is 18.3 Å². The van der Waals surface area contributed by atoms with Gasteiger partial charge in [0.25, 0.3) is 0 Å². The first-order valence-corrected chi connectivity index (χ1v) is 5.34. The first-order valence-electron chi connectivity index (χ1n) is 5.34. The average molecular weight is 260 g/mol. The van der Waals surface area contributed by atoms with Crippen LogP contribution in [0.5, 0.6) is 0 Å². The van der Waals surface area contributed by atoms with Crippen molar-refractivity contribution in [1.82, 2.24) is 4.98 Å². The van der Waals surface area contributed by atoms with Gasteiger partial charge in [-0.05, 0) is 26.0 Å². The molecule has 0 aliphatic rings. The number of hydrogen-bond donors (Lipinski definition) is 2. The number of nitrogens with one attached hydrogen (secondary N) is 1. The van der Waals surface area contributed by atoms with Gasteiger partial charge in [0.2, 0.25) is 0 Å². The largest absolute Gasteiger partial charge is 0.405 e. The fourth-order valence-corrected chi connectivity index (χ4v) is 1.46. The Bertz CT molecular complexity index is 429. The number of nitrogens with zero attached hydrogens (tertiary/aromatic N) is 2. The Morgan fingerprint density at radius 2 is 2.11 bits per heavy atom. The molecule has 0 radical (unpaired) electrons. The molecule has 1 aromatic rings. The van der Waals surface area contributed by atoms with Gasteiger partial charge in [-0.2, -0.15) is 13.2 Å². The van der Waals surface area contributed by atoms with Crippen molar-refractivity contribution >= 4 is 11.7 Å². The minimum atomic E-state index is -4.31. The van der Waals surface area contributed by atoms with Crippen molar-refractivity contribution in [3.05, 3.63) is 23.9 Å². The molecule has 3 N–H and O–H groups in total. The highest BCUT2D eigenvalue weighted by atomic mass is 19.4. The third kappa shape index (κ3) is 3.90. The number of anilines is 1. The van der Waals surface area contributed by atoms with Crippen molar-refractivity contribution in [2.75, 3.05) is 11.4 Å². The van der Waals surface area contributed by atoms with Gasteiger partial charge >= 0.3 is 6.18 Å². The van der Waals surface area contributed by atoms with Gasteiger partial charge in [-0.3, -0.25) is 5.41 Å². The summed E-state index contributed by atoms with van der Waals surface area (Å²) in [7, 11) is 0. The van der Waals surface area contributed by atoms with Crippen molar-refractivity contribution in [2.24, 2.45) is 5.73 Å². The molecule has 1 heterocycles. The smallest absolute Gasteiger partial charge is 0.384 e. The molecule has 18 heavy (non-hydrogen) atoms. The second kappa shape index (κ2) is 5.24. The molecule has 100 valence electrons. The van der Waals surface area contributed by atoms with Gasteiger partial charge in [0.15, 0.2) is 0 Å². The summed E-state index contributed by atoms with van der Waals surface area (Å²) in [6.07, 6.45) is -2.96. The van der Waals surface area contributed by atoms with Gasteiger partial charge in [-0.25, -0.2) is 4.98 Å². The lowest BCUT2D eigenvalue weighted by Crippen LogP contribution is -2.39. The SMILES string of the molecule is CC(C)N(CC(F)(F)F)c1cc(C(=N)N)ccn1. The van der Waals surface area contributed by atoms with Crippen LogP contribution < -0.4 is 10.6 Å². The zero-order chi connectivity index (χ0) is 13.9. The van der Waals surface area contributed by atoms with E-state index < -0.39 is 12.7 Å². The number of alkyl halides is 3. The van der Waals surface area contributed by atoms with Crippen LogP contribution in [0.4, 0.5) is 19.0 Å². The molecule has 0 saturated heterocycles. The second-order valence-corrected chi connectivity index (χ2v) is 4.15. The fraction of sp³-hybridized carbons (Fsp3) is 0.455. The van der Waals surface area contributed by atoms with Crippen molar-refractivity contribution < 1.29 is 13.2 Å². The molecular weight excluding hydrogens is 245 g/mol. The van der Waals surface area contributed by atoms with E-state index in [1.807, 2.05) is 0 Å². The van der Waals surface area contributed by atoms with Crippen LogP contribution in [-0.4, -0.2) is 29.6 Å². The highest BCUT2D eigenvalue weighted by molar-refractivity contribution is 5.95. The summed E-state index contributed by atoms with van der Waals surface area (Å²) in [6, 6.07) is 2.51. The molecular formula is C11H15F3N4. The Morgan fingerprint density at radius 1 is 1.50 bits per heavy atom. The zero-order valence-corrected chi connectivity index (χ0v) is 10.1. The quantitative estimate of drug-likeness (QED) is 0.644. The highest BCUT2D eigenvalue weighted by Crippen LogP contribution is 2.23. The third-order valence-electron chi connectivity index (χ3n) is 2.32. The number of nitrogen functional groups attached to an aromatic ring is 1. The fourth-order valence-electron chi connectivity index (χ4n) is 1.46. The van der Waals surface area contributed by atoms with Gasteiger partial charge in [0.05, 0.1) is 0 Å². The molecule has 0 spiro atoms. The molecule has 0 bridgehead atoms. The highest BCUT2D eigenvalue weighted by Gasteiger charge is 2.32. The van der Waals surface area contributed by atoms with Crippen LogP contribution in [0.1, 0.15) is 19.4 Å². The van der Waals surface area contributed by atoms with Crippen LogP contribution in [-0.2, 0) is 0 Å². The van der Waals surface area contributed by atoms with Crippen LogP contribution in [0, 0.1) is 5.41 Å². The first kappa shape index (κ1) is 14.3. The van der Waals surface area contributed by atoms with Gasteiger partial charge in [0, 0.05) is 17.8 Å². The molecule has 0 fully saturated rings. The van der Waals surface area contributed by atoms with Gasteiger partial charge in [-0.1, -0.05) is 0 Å². The Hall–Kier alpha value is -1.79. The van der Waals surface area contributed by atoms with E-state index >= 15 is 0 Å². The predicted molar refractivity (Wildman–Crippen MR) is 63.8 cm³/mol. The third-order valence-corrected chi connectivity index (χ3v) is 2.32. The van der Waals surface area contributed by atoms with E-state index in [-0.39, 0.29) is 17.7 Å². The van der Waals surface area contributed by atoms with E-state index in [2.05, 4.69) is 4.98 Å². The predicted octanol–water partition coefficient (Wildman–Crippen LogP) is 2.14. The second-order valence-electron chi connectivity index (χ2n) is 4.15. The van der Waals surface area contributed by atoms with Gasteiger partial charge in [-0.15, -0.1) is 0 Å². The lowest BCUT2D eigenvalue weighted by atomic mass is 10.2. The summed E-state index contributed by atoms with van der Waals surface area (Å²) in [5, 5.41) is 7.27. The van der Waals surface area contributed by atoms with Crippen LogP contribution in [0.3, 0.4) is 0 Å². The molecule has 4 nitrogen and oxygen atoms in total. The Balaban J connectivity index is 3.06. The molecule has 0 aliphatic carbocycles. The molecule has 1 rings (SSSR count). The lowest BCUT2D eigenvalue weighted by molar-refractivity contribution is -0.120. The maximum absolute atomic E-state index is 12.5. The van der Waals surface area contributed by atoms with Gasteiger partial charge in [0.1, 0.15) is 18.2 Å². The molecule has 0 unspecified atom stereocenters. The average Bonchev–Trinajstić information content (AvgIpc) is 2.24. The van der Waals surface area contributed by atoms with Crippen molar-refractivity contribution in [1.29, 1.82) is 5.41 Å². The number of halogens is 3. The van der Waals surface area contributed by atoms with E-state index in [1.54, 1.807) is 13.8 Å². The normalized spacial score (nSPS) is 11.7. The minimum Gasteiger partial charge on any atom is -0.384 e. The summed E-state index contributed by atoms with van der Waals surface area (Å²) in [4.78, 5) is 5.02. The Kier molecular flexibility index (Phi) is 4.15. The molecule has 0 atom stereocenters. The molecule has 0 aliphatic heterocycles.